The van der Waals surface area contributed by atoms with Gasteiger partial charge in [0.1, 0.15) is 0 Å². The molecule has 0 aromatic carbocycles. The monoisotopic (exact) mass is 425 g/mol. The van der Waals surface area contributed by atoms with E-state index in [0.29, 0.717) is 30.7 Å². The lowest BCUT2D eigenvalue weighted by Gasteiger charge is -2.34. The highest BCUT2D eigenvalue weighted by Crippen LogP contribution is 2.33. The molecular formula is C22H27N5O2S. The third-order valence-corrected chi connectivity index (χ3v) is 7.34. The number of aromatic nitrogens is 3. The van der Waals surface area contributed by atoms with Crippen LogP contribution in [-0.2, 0) is 24.3 Å². The predicted molar refractivity (Wildman–Crippen MR) is 117 cm³/mol. The number of nitrogens with zero attached hydrogens (tertiary/aromatic N) is 4. The zero-order valence-electron chi connectivity index (χ0n) is 17.5. The van der Waals surface area contributed by atoms with Crippen molar-refractivity contribution in [2.45, 2.75) is 58.7 Å². The topological polar surface area (TPSA) is 73.7 Å². The number of fused-ring (bicyclic) bond motifs is 2. The quantitative estimate of drug-likeness (QED) is 0.700. The highest BCUT2D eigenvalue weighted by atomic mass is 32.1. The minimum absolute atomic E-state index is 0.000942. The molecule has 0 spiro atoms. The van der Waals surface area contributed by atoms with Crippen molar-refractivity contribution in [3.63, 3.8) is 0 Å². The first-order valence-corrected chi connectivity index (χ1v) is 11.5. The smallest absolute Gasteiger partial charge is 0.277 e. The molecule has 0 aliphatic carbocycles. The molecule has 3 aromatic heterocycles. The van der Waals surface area contributed by atoms with Gasteiger partial charge in [0, 0.05) is 42.3 Å². The first kappa shape index (κ1) is 19.5. The standard InChI is InChI=1S/C22H27N5O2S/c1-14-6-7-16(30-14)12-26-9-4-3-5-20(26)19-11-21-23-18-8-10-25(15(2)28)13-17(18)22(29)27(21)24-19/h6-7,11,20,24H,3-5,8-10,12-13H2,1-2H3. The van der Waals surface area contributed by atoms with Crippen molar-refractivity contribution in [1.29, 1.82) is 0 Å². The Hall–Kier alpha value is -2.45. The average Bonchev–Trinajstić information content (AvgIpc) is 3.34. The van der Waals surface area contributed by atoms with Crippen LogP contribution in [0.1, 0.15) is 58.9 Å². The van der Waals surface area contributed by atoms with E-state index in [9.17, 15) is 9.59 Å². The van der Waals surface area contributed by atoms with Crippen molar-refractivity contribution in [3.05, 3.63) is 55.3 Å². The van der Waals surface area contributed by atoms with Gasteiger partial charge in [-0.1, -0.05) is 6.42 Å². The van der Waals surface area contributed by atoms with E-state index in [1.165, 1.54) is 22.6 Å². The summed E-state index contributed by atoms with van der Waals surface area (Å²) in [6, 6.07) is 6.70. The van der Waals surface area contributed by atoms with Crippen LogP contribution in [0.5, 0.6) is 0 Å². The average molecular weight is 426 g/mol. The Kier molecular flexibility index (Phi) is 4.99. The van der Waals surface area contributed by atoms with Crippen LogP contribution in [0.4, 0.5) is 0 Å². The fraction of sp³-hybridized carbons (Fsp3) is 0.500. The van der Waals surface area contributed by atoms with Gasteiger partial charge in [0.2, 0.25) is 5.91 Å². The Morgan fingerprint density at radius 2 is 2.17 bits per heavy atom. The molecule has 0 bridgehead atoms. The van der Waals surface area contributed by atoms with Crippen LogP contribution in [0, 0.1) is 6.92 Å². The molecule has 1 N–H and O–H groups in total. The molecule has 3 aromatic rings. The van der Waals surface area contributed by atoms with Gasteiger partial charge in [0.05, 0.1) is 29.5 Å². The molecule has 1 atom stereocenters. The van der Waals surface area contributed by atoms with Gasteiger partial charge in [-0.3, -0.25) is 19.6 Å². The number of carbonyl (C=O) groups is 1. The van der Waals surface area contributed by atoms with E-state index < -0.39 is 0 Å². The van der Waals surface area contributed by atoms with E-state index in [4.69, 9.17) is 4.98 Å². The van der Waals surface area contributed by atoms with Crippen molar-refractivity contribution in [3.8, 4) is 0 Å². The Bertz CT molecular complexity index is 1160. The number of piperidine rings is 1. The number of hydrogen-bond donors (Lipinski definition) is 1. The van der Waals surface area contributed by atoms with Crippen LogP contribution in [-0.4, -0.2) is 43.4 Å². The second-order valence-electron chi connectivity index (χ2n) is 8.43. The third kappa shape index (κ3) is 3.48. The molecule has 0 radical (unpaired) electrons. The van der Waals surface area contributed by atoms with Crippen LogP contribution in [0.3, 0.4) is 0 Å². The molecule has 0 saturated carbocycles. The maximum absolute atomic E-state index is 13.2. The molecular weight excluding hydrogens is 398 g/mol. The molecule has 1 fully saturated rings. The Balaban J connectivity index is 1.49. The Morgan fingerprint density at radius 3 is 2.93 bits per heavy atom. The van der Waals surface area contributed by atoms with Crippen LogP contribution in [0.15, 0.2) is 23.0 Å². The van der Waals surface area contributed by atoms with Gasteiger partial charge in [-0.15, -0.1) is 11.3 Å². The fourth-order valence-corrected chi connectivity index (χ4v) is 5.66. The normalized spacial score (nSPS) is 19.9. The van der Waals surface area contributed by atoms with Gasteiger partial charge in [-0.25, -0.2) is 9.50 Å². The fourth-order valence-electron chi connectivity index (χ4n) is 4.74. The van der Waals surface area contributed by atoms with E-state index in [0.717, 1.165) is 30.9 Å². The number of H-pyrrole nitrogens is 1. The Morgan fingerprint density at radius 1 is 1.30 bits per heavy atom. The molecule has 1 amide bonds. The highest BCUT2D eigenvalue weighted by molar-refractivity contribution is 7.11. The lowest BCUT2D eigenvalue weighted by atomic mass is 9.99. The van der Waals surface area contributed by atoms with E-state index in [1.54, 1.807) is 16.3 Å². The van der Waals surface area contributed by atoms with Crippen LogP contribution in [0.2, 0.25) is 0 Å². The summed E-state index contributed by atoms with van der Waals surface area (Å²) in [6.45, 7) is 6.66. The summed E-state index contributed by atoms with van der Waals surface area (Å²) >= 11 is 1.85. The molecule has 8 heteroatoms. The third-order valence-electron chi connectivity index (χ3n) is 6.35. The maximum Gasteiger partial charge on any atom is 0.277 e. The molecule has 1 saturated heterocycles. The zero-order valence-corrected chi connectivity index (χ0v) is 18.3. The van der Waals surface area contributed by atoms with Crippen LogP contribution >= 0.6 is 11.3 Å². The zero-order chi connectivity index (χ0) is 20.8. The minimum atomic E-state index is -0.0801. The number of nitrogens with one attached hydrogen (secondary N) is 1. The molecule has 2 aliphatic heterocycles. The van der Waals surface area contributed by atoms with Crippen LogP contribution in [0.25, 0.3) is 5.65 Å². The molecule has 2 aliphatic rings. The molecule has 158 valence electrons. The van der Waals surface area contributed by atoms with Crippen molar-refractivity contribution < 1.29 is 4.79 Å². The summed E-state index contributed by atoms with van der Waals surface area (Å²) in [6.07, 6.45) is 4.10. The van der Waals surface area contributed by atoms with E-state index >= 15 is 0 Å². The van der Waals surface area contributed by atoms with Crippen molar-refractivity contribution in [2.24, 2.45) is 0 Å². The first-order chi connectivity index (χ1) is 14.5. The van der Waals surface area contributed by atoms with Gasteiger partial charge in [-0.2, -0.15) is 0 Å². The summed E-state index contributed by atoms with van der Waals surface area (Å²) in [5.74, 6) is -0.000942. The van der Waals surface area contributed by atoms with Crippen LogP contribution < -0.4 is 5.56 Å². The number of likely N-dealkylation sites (tertiary alicyclic amines) is 1. The predicted octanol–water partition coefficient (Wildman–Crippen LogP) is 3.02. The molecule has 5 heterocycles. The number of hydrogen-bond acceptors (Lipinski definition) is 5. The van der Waals surface area contributed by atoms with E-state index in [1.807, 2.05) is 17.4 Å². The van der Waals surface area contributed by atoms with Crippen molar-refractivity contribution in [2.75, 3.05) is 13.1 Å². The first-order valence-electron chi connectivity index (χ1n) is 10.7. The SMILES string of the molecule is CC(=O)N1CCc2nc3cc(C4CCCCN4Cc4ccc(C)s4)[nH]n3c(=O)c2C1. The summed E-state index contributed by atoms with van der Waals surface area (Å²) in [5, 5.41) is 3.35. The van der Waals surface area contributed by atoms with Crippen molar-refractivity contribution in [1.82, 2.24) is 24.4 Å². The second kappa shape index (κ2) is 7.67. The maximum atomic E-state index is 13.2. The van der Waals surface area contributed by atoms with Gasteiger partial charge in [0.15, 0.2) is 5.65 Å². The highest BCUT2D eigenvalue weighted by Gasteiger charge is 2.28. The van der Waals surface area contributed by atoms with E-state index in [2.05, 4.69) is 29.1 Å². The summed E-state index contributed by atoms with van der Waals surface area (Å²) in [4.78, 5) is 36.6. The number of carbonyl (C=O) groups excluding carboxylic acids is 1. The lowest BCUT2D eigenvalue weighted by Crippen LogP contribution is -2.39. The molecule has 5 rings (SSSR count). The largest absolute Gasteiger partial charge is 0.338 e. The minimum Gasteiger partial charge on any atom is -0.338 e. The lowest BCUT2D eigenvalue weighted by molar-refractivity contribution is -0.129. The summed E-state index contributed by atoms with van der Waals surface area (Å²) in [7, 11) is 0. The Labute approximate surface area is 179 Å². The molecule has 7 nitrogen and oxygen atoms in total. The van der Waals surface area contributed by atoms with Gasteiger partial charge in [-0.05, 0) is 38.4 Å². The van der Waals surface area contributed by atoms with Gasteiger partial charge < -0.3 is 4.90 Å². The number of thiophene rings is 1. The van der Waals surface area contributed by atoms with E-state index in [-0.39, 0.29) is 17.5 Å². The number of amides is 1. The molecule has 30 heavy (non-hydrogen) atoms. The number of aryl methyl sites for hydroxylation is 1. The summed E-state index contributed by atoms with van der Waals surface area (Å²) < 4.78 is 1.57. The van der Waals surface area contributed by atoms with Gasteiger partial charge >= 0.3 is 0 Å². The van der Waals surface area contributed by atoms with Crippen molar-refractivity contribution >= 4 is 22.9 Å². The molecule has 1 unspecified atom stereocenters. The summed E-state index contributed by atoms with van der Waals surface area (Å²) in [5.41, 5.74) is 3.12. The van der Waals surface area contributed by atoms with Gasteiger partial charge in [0.25, 0.3) is 5.56 Å². The second-order valence-corrected chi connectivity index (χ2v) is 9.80. The number of rotatable bonds is 3. The number of aromatic amines is 1.